The average molecular weight is 241 g/mol. The van der Waals surface area contributed by atoms with Crippen molar-refractivity contribution >= 4 is 5.82 Å². The van der Waals surface area contributed by atoms with Crippen LogP contribution < -0.4 is 5.32 Å². The summed E-state index contributed by atoms with van der Waals surface area (Å²) in [5.74, 6) is 0.219. The van der Waals surface area contributed by atoms with Gasteiger partial charge in [0.2, 0.25) is 0 Å². The molecule has 1 heterocycles. The number of pyridine rings is 1. The van der Waals surface area contributed by atoms with Crippen molar-refractivity contribution in [3.63, 3.8) is 0 Å². The predicted octanol–water partition coefficient (Wildman–Crippen LogP) is 3.01. The summed E-state index contributed by atoms with van der Waals surface area (Å²) in [6, 6.07) is 12.0. The summed E-state index contributed by atoms with van der Waals surface area (Å²) in [5, 5.41) is 11.9. The van der Waals surface area contributed by atoms with Crippen molar-refractivity contribution in [2.45, 2.75) is 13.5 Å². The van der Waals surface area contributed by atoms with Gasteiger partial charge < -0.3 is 5.32 Å². The summed E-state index contributed by atoms with van der Waals surface area (Å²) in [7, 11) is 0. The highest BCUT2D eigenvalue weighted by molar-refractivity contribution is 5.52. The standard InChI is InChI=1S/C14H12FN3/c1-10-6-7-11(8-16)14(18-10)17-9-12-4-2-3-5-13(12)15/h2-7H,9H2,1H3,(H,17,18). The van der Waals surface area contributed by atoms with Gasteiger partial charge in [-0.25, -0.2) is 9.37 Å². The van der Waals surface area contributed by atoms with Crippen LogP contribution in [0.25, 0.3) is 0 Å². The minimum atomic E-state index is -0.267. The van der Waals surface area contributed by atoms with E-state index in [9.17, 15) is 4.39 Å². The fourth-order valence-corrected chi connectivity index (χ4v) is 1.60. The molecule has 1 N–H and O–H groups in total. The highest BCUT2D eigenvalue weighted by Gasteiger charge is 2.05. The van der Waals surface area contributed by atoms with E-state index in [0.29, 0.717) is 23.5 Å². The Morgan fingerprint density at radius 3 is 2.78 bits per heavy atom. The second-order valence-corrected chi connectivity index (χ2v) is 3.91. The zero-order chi connectivity index (χ0) is 13.0. The van der Waals surface area contributed by atoms with Gasteiger partial charge in [0.1, 0.15) is 17.7 Å². The fraction of sp³-hybridized carbons (Fsp3) is 0.143. The molecule has 0 bridgehead atoms. The molecule has 90 valence electrons. The SMILES string of the molecule is Cc1ccc(C#N)c(NCc2ccccc2F)n1. The first-order valence-electron chi connectivity index (χ1n) is 5.55. The number of aromatic nitrogens is 1. The molecule has 0 atom stereocenters. The van der Waals surface area contributed by atoms with Gasteiger partial charge in [-0.3, -0.25) is 0 Å². The van der Waals surface area contributed by atoms with Gasteiger partial charge in [-0.1, -0.05) is 18.2 Å². The maximum absolute atomic E-state index is 13.4. The highest BCUT2D eigenvalue weighted by Crippen LogP contribution is 2.14. The number of halogens is 1. The molecule has 0 saturated carbocycles. The molecule has 0 aliphatic heterocycles. The normalized spacial score (nSPS) is 9.83. The van der Waals surface area contributed by atoms with Crippen LogP contribution in [0.4, 0.5) is 10.2 Å². The molecule has 0 amide bonds. The van der Waals surface area contributed by atoms with Gasteiger partial charge >= 0.3 is 0 Å². The van der Waals surface area contributed by atoms with Gasteiger partial charge in [-0.2, -0.15) is 5.26 Å². The lowest BCUT2D eigenvalue weighted by Crippen LogP contribution is -2.05. The zero-order valence-corrected chi connectivity index (χ0v) is 9.94. The second-order valence-electron chi connectivity index (χ2n) is 3.91. The van der Waals surface area contributed by atoms with Crippen LogP contribution in [0.2, 0.25) is 0 Å². The lowest BCUT2D eigenvalue weighted by Gasteiger charge is -2.08. The predicted molar refractivity (Wildman–Crippen MR) is 67.4 cm³/mol. The van der Waals surface area contributed by atoms with Crippen LogP contribution in [0.3, 0.4) is 0 Å². The van der Waals surface area contributed by atoms with E-state index in [2.05, 4.69) is 16.4 Å². The van der Waals surface area contributed by atoms with Gasteiger partial charge in [-0.15, -0.1) is 0 Å². The van der Waals surface area contributed by atoms with Crippen molar-refractivity contribution in [2.75, 3.05) is 5.32 Å². The molecule has 2 rings (SSSR count). The van der Waals surface area contributed by atoms with Gasteiger partial charge in [-0.05, 0) is 25.1 Å². The number of anilines is 1. The smallest absolute Gasteiger partial charge is 0.144 e. The van der Waals surface area contributed by atoms with E-state index < -0.39 is 0 Å². The first kappa shape index (κ1) is 12.1. The molecule has 3 nitrogen and oxygen atoms in total. The average Bonchev–Trinajstić information content (AvgIpc) is 2.38. The van der Waals surface area contributed by atoms with E-state index in [1.54, 1.807) is 30.3 Å². The zero-order valence-electron chi connectivity index (χ0n) is 9.94. The van der Waals surface area contributed by atoms with Crippen LogP contribution in [-0.2, 0) is 6.54 Å². The van der Waals surface area contributed by atoms with Gasteiger partial charge in [0, 0.05) is 17.8 Å². The lowest BCUT2D eigenvalue weighted by atomic mass is 10.2. The Bertz CT molecular complexity index is 602. The van der Waals surface area contributed by atoms with Crippen LogP contribution in [0.5, 0.6) is 0 Å². The topological polar surface area (TPSA) is 48.7 Å². The Morgan fingerprint density at radius 2 is 2.06 bits per heavy atom. The summed E-state index contributed by atoms with van der Waals surface area (Å²) >= 11 is 0. The number of nitrogens with one attached hydrogen (secondary N) is 1. The highest BCUT2D eigenvalue weighted by atomic mass is 19.1. The minimum absolute atomic E-state index is 0.267. The maximum atomic E-state index is 13.4. The van der Waals surface area contributed by atoms with Gasteiger partial charge in [0.25, 0.3) is 0 Å². The molecule has 1 aromatic carbocycles. The Balaban J connectivity index is 2.18. The van der Waals surface area contributed by atoms with Crippen LogP contribution >= 0.6 is 0 Å². The Labute approximate surface area is 105 Å². The molecule has 0 radical (unpaired) electrons. The van der Waals surface area contributed by atoms with Crippen LogP contribution in [0.15, 0.2) is 36.4 Å². The largest absolute Gasteiger partial charge is 0.365 e. The molecule has 4 heteroatoms. The summed E-state index contributed by atoms with van der Waals surface area (Å²) in [6.45, 7) is 2.15. The summed E-state index contributed by atoms with van der Waals surface area (Å²) in [4.78, 5) is 4.23. The van der Waals surface area contributed by atoms with E-state index in [1.807, 2.05) is 6.92 Å². The quantitative estimate of drug-likeness (QED) is 0.898. The van der Waals surface area contributed by atoms with E-state index in [-0.39, 0.29) is 5.82 Å². The number of nitriles is 1. The summed E-state index contributed by atoms with van der Waals surface area (Å²) in [6.07, 6.45) is 0. The number of hydrogen-bond acceptors (Lipinski definition) is 3. The maximum Gasteiger partial charge on any atom is 0.144 e. The molecule has 18 heavy (non-hydrogen) atoms. The lowest BCUT2D eigenvalue weighted by molar-refractivity contribution is 0.613. The van der Waals surface area contributed by atoms with Crippen molar-refractivity contribution in [3.05, 3.63) is 59.0 Å². The van der Waals surface area contributed by atoms with E-state index in [4.69, 9.17) is 5.26 Å². The third kappa shape index (κ3) is 2.64. The van der Waals surface area contributed by atoms with E-state index in [1.165, 1.54) is 6.07 Å². The third-order valence-corrected chi connectivity index (χ3v) is 2.56. The fourth-order valence-electron chi connectivity index (χ4n) is 1.60. The van der Waals surface area contributed by atoms with Gasteiger partial charge in [0.05, 0.1) is 5.56 Å². The van der Waals surface area contributed by atoms with Crippen molar-refractivity contribution in [1.82, 2.24) is 4.98 Å². The molecule has 1 aromatic heterocycles. The van der Waals surface area contributed by atoms with Crippen molar-refractivity contribution in [1.29, 1.82) is 5.26 Å². The van der Waals surface area contributed by atoms with Crippen molar-refractivity contribution in [2.24, 2.45) is 0 Å². The van der Waals surface area contributed by atoms with Crippen LogP contribution in [0.1, 0.15) is 16.8 Å². The van der Waals surface area contributed by atoms with Crippen LogP contribution in [-0.4, -0.2) is 4.98 Å². The van der Waals surface area contributed by atoms with Gasteiger partial charge in [0.15, 0.2) is 0 Å². The number of hydrogen-bond donors (Lipinski definition) is 1. The number of aryl methyl sites for hydroxylation is 1. The van der Waals surface area contributed by atoms with Crippen molar-refractivity contribution < 1.29 is 4.39 Å². The second kappa shape index (κ2) is 5.28. The summed E-state index contributed by atoms with van der Waals surface area (Å²) < 4.78 is 13.4. The Morgan fingerprint density at radius 1 is 1.28 bits per heavy atom. The van der Waals surface area contributed by atoms with Crippen LogP contribution in [0, 0.1) is 24.1 Å². The molecular weight excluding hydrogens is 229 g/mol. The monoisotopic (exact) mass is 241 g/mol. The molecule has 0 spiro atoms. The molecule has 0 unspecified atom stereocenters. The molecule has 0 saturated heterocycles. The van der Waals surface area contributed by atoms with E-state index >= 15 is 0 Å². The Kier molecular flexibility index (Phi) is 3.54. The molecule has 2 aromatic rings. The van der Waals surface area contributed by atoms with Crippen molar-refractivity contribution in [3.8, 4) is 6.07 Å². The Hall–Kier alpha value is -2.41. The number of rotatable bonds is 3. The minimum Gasteiger partial charge on any atom is -0.365 e. The number of benzene rings is 1. The first-order valence-corrected chi connectivity index (χ1v) is 5.55. The van der Waals surface area contributed by atoms with E-state index in [0.717, 1.165) is 5.69 Å². The number of nitrogens with zero attached hydrogens (tertiary/aromatic N) is 2. The molecule has 0 fully saturated rings. The molecule has 0 aliphatic rings. The molecular formula is C14H12FN3. The first-order chi connectivity index (χ1) is 8.70. The summed E-state index contributed by atoms with van der Waals surface area (Å²) in [5.41, 5.74) is 1.81. The third-order valence-electron chi connectivity index (χ3n) is 2.56. The molecule has 0 aliphatic carbocycles.